The van der Waals surface area contributed by atoms with Crippen LogP contribution in [0.1, 0.15) is 13.3 Å². The topological polar surface area (TPSA) is 129 Å². The first-order valence-electron chi connectivity index (χ1n) is 7.84. The summed E-state index contributed by atoms with van der Waals surface area (Å²) in [5.74, 6) is 0.578. The van der Waals surface area contributed by atoms with Crippen molar-refractivity contribution in [3.05, 3.63) is 46.6 Å². The van der Waals surface area contributed by atoms with Crippen molar-refractivity contribution in [1.29, 1.82) is 0 Å². The Morgan fingerprint density at radius 3 is 2.96 bits per heavy atom. The molecule has 1 aromatic carbocycles. The fourth-order valence-electron chi connectivity index (χ4n) is 2.31. The van der Waals surface area contributed by atoms with Crippen LogP contribution in [0, 0.1) is 10.1 Å². The highest BCUT2D eigenvalue weighted by Gasteiger charge is 2.17. The molecule has 4 N–H and O–H groups in total. The van der Waals surface area contributed by atoms with Crippen LogP contribution >= 0.6 is 0 Å². The third-order valence-electron chi connectivity index (χ3n) is 3.76. The summed E-state index contributed by atoms with van der Waals surface area (Å²) in [7, 11) is 0. The fourth-order valence-corrected chi connectivity index (χ4v) is 2.31. The summed E-state index contributed by atoms with van der Waals surface area (Å²) in [6, 6.07) is 8.34. The molecule has 0 saturated heterocycles. The standard InChI is InChI=1S/C16H18N6O3/c1-2-12(23)9-17-15-6-5-14(22(24)25)16(20-15)19-11-3-4-13-10(7-11)8-18-21-13/h3-8,12,23H,2,9H2,1H3,(H,18,21)(H2,17,19,20). The first kappa shape index (κ1) is 16.7. The summed E-state index contributed by atoms with van der Waals surface area (Å²) in [5.41, 5.74) is 1.40. The molecule has 3 rings (SSSR count). The normalized spacial score (nSPS) is 12.1. The smallest absolute Gasteiger partial charge is 0.311 e. The number of fused-ring (bicyclic) bond motifs is 1. The van der Waals surface area contributed by atoms with Crippen molar-refractivity contribution in [2.24, 2.45) is 0 Å². The monoisotopic (exact) mass is 342 g/mol. The lowest BCUT2D eigenvalue weighted by atomic mass is 10.2. The second-order valence-electron chi connectivity index (χ2n) is 5.56. The number of benzene rings is 1. The van der Waals surface area contributed by atoms with E-state index in [2.05, 4.69) is 25.8 Å². The predicted molar refractivity (Wildman–Crippen MR) is 95.1 cm³/mol. The molecule has 3 aromatic rings. The zero-order valence-corrected chi connectivity index (χ0v) is 13.6. The van der Waals surface area contributed by atoms with E-state index in [0.29, 0.717) is 24.5 Å². The molecule has 9 nitrogen and oxygen atoms in total. The van der Waals surface area contributed by atoms with Gasteiger partial charge < -0.3 is 15.7 Å². The number of rotatable bonds is 7. The van der Waals surface area contributed by atoms with Crippen molar-refractivity contribution in [3.8, 4) is 0 Å². The van der Waals surface area contributed by atoms with Gasteiger partial charge in [-0.2, -0.15) is 5.10 Å². The van der Waals surface area contributed by atoms with Gasteiger partial charge in [-0.3, -0.25) is 15.2 Å². The van der Waals surface area contributed by atoms with Gasteiger partial charge in [-0.15, -0.1) is 0 Å². The van der Waals surface area contributed by atoms with Crippen molar-refractivity contribution < 1.29 is 10.0 Å². The number of aliphatic hydroxyl groups excluding tert-OH is 1. The van der Waals surface area contributed by atoms with Crippen molar-refractivity contribution in [3.63, 3.8) is 0 Å². The number of aliphatic hydroxyl groups is 1. The minimum atomic E-state index is -0.503. The molecule has 9 heteroatoms. The lowest BCUT2D eigenvalue weighted by molar-refractivity contribution is -0.384. The minimum absolute atomic E-state index is 0.129. The first-order valence-corrected chi connectivity index (χ1v) is 7.84. The van der Waals surface area contributed by atoms with Gasteiger partial charge in [0.2, 0.25) is 5.82 Å². The number of aromatic nitrogens is 3. The first-order chi connectivity index (χ1) is 12.1. The lowest BCUT2D eigenvalue weighted by Gasteiger charge is -2.12. The zero-order chi connectivity index (χ0) is 17.8. The minimum Gasteiger partial charge on any atom is -0.391 e. The van der Waals surface area contributed by atoms with Crippen LogP contribution in [0.4, 0.5) is 23.0 Å². The van der Waals surface area contributed by atoms with Crippen molar-refractivity contribution in [2.45, 2.75) is 19.4 Å². The Kier molecular flexibility index (Phi) is 4.75. The molecule has 2 heterocycles. The van der Waals surface area contributed by atoms with E-state index in [1.165, 1.54) is 12.1 Å². The quantitative estimate of drug-likeness (QED) is 0.384. The third kappa shape index (κ3) is 3.83. The summed E-state index contributed by atoms with van der Waals surface area (Å²) in [4.78, 5) is 15.0. The third-order valence-corrected chi connectivity index (χ3v) is 3.76. The average Bonchev–Trinajstić information content (AvgIpc) is 3.07. The summed E-state index contributed by atoms with van der Waals surface area (Å²) >= 11 is 0. The highest BCUT2D eigenvalue weighted by atomic mass is 16.6. The average molecular weight is 342 g/mol. The molecular weight excluding hydrogens is 324 g/mol. The van der Waals surface area contributed by atoms with Gasteiger partial charge in [0, 0.05) is 23.7 Å². The van der Waals surface area contributed by atoms with Crippen molar-refractivity contribution >= 4 is 33.9 Å². The molecule has 0 bridgehead atoms. The van der Waals surface area contributed by atoms with Crippen LogP contribution in [-0.4, -0.2) is 37.9 Å². The lowest BCUT2D eigenvalue weighted by Crippen LogP contribution is -2.19. The predicted octanol–water partition coefficient (Wildman–Crippen LogP) is 2.79. The largest absolute Gasteiger partial charge is 0.391 e. The van der Waals surface area contributed by atoms with Crippen LogP contribution in [-0.2, 0) is 0 Å². The number of pyridine rings is 1. The Labute approximate surface area is 143 Å². The molecule has 0 amide bonds. The number of anilines is 3. The maximum Gasteiger partial charge on any atom is 0.311 e. The maximum absolute atomic E-state index is 11.3. The molecule has 0 aliphatic rings. The van der Waals surface area contributed by atoms with Crippen LogP contribution in [0.25, 0.3) is 10.9 Å². The Bertz CT molecular complexity index is 894. The number of nitrogens with zero attached hydrogens (tertiary/aromatic N) is 3. The molecule has 0 radical (unpaired) electrons. The van der Waals surface area contributed by atoms with Gasteiger partial charge in [0.1, 0.15) is 5.82 Å². The Morgan fingerprint density at radius 1 is 1.36 bits per heavy atom. The molecule has 1 unspecified atom stereocenters. The molecule has 1 atom stereocenters. The highest BCUT2D eigenvalue weighted by molar-refractivity contribution is 5.83. The number of hydrogen-bond donors (Lipinski definition) is 4. The van der Waals surface area contributed by atoms with Gasteiger partial charge >= 0.3 is 5.69 Å². The molecule has 0 fully saturated rings. The zero-order valence-electron chi connectivity index (χ0n) is 13.6. The molecule has 0 aliphatic carbocycles. The molecule has 2 aromatic heterocycles. The van der Waals surface area contributed by atoms with E-state index < -0.39 is 11.0 Å². The van der Waals surface area contributed by atoms with Crippen LogP contribution < -0.4 is 10.6 Å². The Balaban J connectivity index is 1.87. The maximum atomic E-state index is 11.3. The van der Waals surface area contributed by atoms with E-state index in [1.807, 2.05) is 19.1 Å². The molecule has 0 aliphatic heterocycles. The van der Waals surface area contributed by atoms with E-state index >= 15 is 0 Å². The number of nitro groups is 1. The van der Waals surface area contributed by atoms with E-state index in [9.17, 15) is 15.2 Å². The van der Waals surface area contributed by atoms with Crippen LogP contribution in [0.5, 0.6) is 0 Å². The van der Waals surface area contributed by atoms with Gasteiger partial charge in [-0.05, 0) is 30.7 Å². The van der Waals surface area contributed by atoms with Gasteiger partial charge in [0.05, 0.1) is 22.7 Å². The van der Waals surface area contributed by atoms with E-state index in [4.69, 9.17) is 0 Å². The SMILES string of the molecule is CCC(O)CNc1ccc([N+](=O)[O-])c(Nc2ccc3[nH]ncc3c2)n1. The summed E-state index contributed by atoms with van der Waals surface area (Å²) in [6.07, 6.45) is 1.78. The highest BCUT2D eigenvalue weighted by Crippen LogP contribution is 2.28. The second kappa shape index (κ2) is 7.14. The Morgan fingerprint density at radius 2 is 2.20 bits per heavy atom. The summed E-state index contributed by atoms with van der Waals surface area (Å²) < 4.78 is 0. The van der Waals surface area contributed by atoms with E-state index in [-0.39, 0.29) is 11.5 Å². The van der Waals surface area contributed by atoms with Gasteiger partial charge in [-0.25, -0.2) is 4.98 Å². The van der Waals surface area contributed by atoms with Gasteiger partial charge in [0.15, 0.2) is 0 Å². The van der Waals surface area contributed by atoms with Crippen LogP contribution in [0.2, 0.25) is 0 Å². The number of hydrogen-bond acceptors (Lipinski definition) is 7. The van der Waals surface area contributed by atoms with Crippen molar-refractivity contribution in [1.82, 2.24) is 15.2 Å². The van der Waals surface area contributed by atoms with Crippen LogP contribution in [0.15, 0.2) is 36.5 Å². The van der Waals surface area contributed by atoms with E-state index in [1.54, 1.807) is 12.3 Å². The number of H-pyrrole nitrogens is 1. The van der Waals surface area contributed by atoms with Crippen molar-refractivity contribution in [2.75, 3.05) is 17.2 Å². The van der Waals surface area contributed by atoms with E-state index in [0.717, 1.165) is 10.9 Å². The summed E-state index contributed by atoms with van der Waals surface area (Å²) in [5, 5.41) is 34.5. The molecule has 130 valence electrons. The molecule has 25 heavy (non-hydrogen) atoms. The summed E-state index contributed by atoms with van der Waals surface area (Å²) in [6.45, 7) is 2.19. The molecule has 0 spiro atoms. The fraction of sp³-hybridized carbons (Fsp3) is 0.250. The van der Waals surface area contributed by atoms with Gasteiger partial charge in [0.25, 0.3) is 0 Å². The van der Waals surface area contributed by atoms with Crippen LogP contribution in [0.3, 0.4) is 0 Å². The van der Waals surface area contributed by atoms with Gasteiger partial charge in [-0.1, -0.05) is 6.92 Å². The Hall–Kier alpha value is -3.20. The number of aromatic amines is 1. The molecule has 0 saturated carbocycles. The number of nitrogens with one attached hydrogen (secondary N) is 3. The second-order valence-corrected chi connectivity index (χ2v) is 5.56. The molecular formula is C16H18N6O3.